The van der Waals surface area contributed by atoms with Gasteiger partial charge < -0.3 is 31.5 Å². The van der Waals surface area contributed by atoms with Gasteiger partial charge in [0.1, 0.15) is 18.1 Å². The molecule has 5 unspecified atom stereocenters. The van der Waals surface area contributed by atoms with Gasteiger partial charge in [0.15, 0.2) is 0 Å². The number of carboxylic acid groups (broad SMARTS) is 2. The number of aliphatic carboxylic acids is 2. The standard InChI is InChI=1S/C20H34N4O7S/c1-4-11(2)16(18(28)22-13(20(30)31)7-9-32-3)23-17(27)14-6-5-8-24(14)19(29)12(21)10-15(25)26/h11-14,16H,4-10,21H2,1-3H3,(H,22,28)(H,23,27)(H,25,26)(H,30,31). The fourth-order valence-electron chi connectivity index (χ4n) is 3.50. The highest BCUT2D eigenvalue weighted by Gasteiger charge is 2.39. The topological polar surface area (TPSA) is 179 Å². The summed E-state index contributed by atoms with van der Waals surface area (Å²) in [4.78, 5) is 62.0. The predicted molar refractivity (Wildman–Crippen MR) is 119 cm³/mol. The van der Waals surface area contributed by atoms with Crippen molar-refractivity contribution in [3.63, 3.8) is 0 Å². The molecule has 1 aliphatic rings. The molecule has 0 aliphatic carbocycles. The lowest BCUT2D eigenvalue weighted by Crippen LogP contribution is -2.58. The summed E-state index contributed by atoms with van der Waals surface area (Å²) in [7, 11) is 0. The molecule has 6 N–H and O–H groups in total. The van der Waals surface area contributed by atoms with Gasteiger partial charge in [-0.05, 0) is 37.2 Å². The molecular formula is C20H34N4O7S. The number of nitrogens with one attached hydrogen (secondary N) is 2. The van der Waals surface area contributed by atoms with Crippen molar-refractivity contribution in [3.8, 4) is 0 Å². The number of carboxylic acids is 2. The summed E-state index contributed by atoms with van der Waals surface area (Å²) in [5, 5.41) is 23.4. The van der Waals surface area contributed by atoms with Crippen molar-refractivity contribution in [1.29, 1.82) is 0 Å². The summed E-state index contributed by atoms with van der Waals surface area (Å²) in [6.07, 6.45) is 2.99. The minimum absolute atomic E-state index is 0.246. The first-order valence-corrected chi connectivity index (χ1v) is 12.0. The Morgan fingerprint density at radius 1 is 1.19 bits per heavy atom. The van der Waals surface area contributed by atoms with Crippen molar-refractivity contribution in [2.45, 2.75) is 70.1 Å². The van der Waals surface area contributed by atoms with E-state index in [0.29, 0.717) is 25.0 Å². The van der Waals surface area contributed by atoms with Crippen molar-refractivity contribution in [2.24, 2.45) is 11.7 Å². The highest BCUT2D eigenvalue weighted by molar-refractivity contribution is 7.98. The van der Waals surface area contributed by atoms with E-state index in [2.05, 4.69) is 10.6 Å². The number of carbonyl (C=O) groups is 5. The fourth-order valence-corrected chi connectivity index (χ4v) is 3.97. The van der Waals surface area contributed by atoms with E-state index in [4.69, 9.17) is 10.8 Å². The Morgan fingerprint density at radius 3 is 2.38 bits per heavy atom. The van der Waals surface area contributed by atoms with Gasteiger partial charge in [-0.2, -0.15) is 11.8 Å². The largest absolute Gasteiger partial charge is 0.481 e. The lowest BCUT2D eigenvalue weighted by molar-refractivity contribution is -0.144. The molecule has 32 heavy (non-hydrogen) atoms. The molecule has 0 aromatic rings. The van der Waals surface area contributed by atoms with E-state index >= 15 is 0 Å². The first kappa shape index (κ1) is 27.7. The molecule has 0 aromatic carbocycles. The Labute approximate surface area is 191 Å². The molecule has 182 valence electrons. The van der Waals surface area contributed by atoms with Gasteiger partial charge in [-0.1, -0.05) is 20.3 Å². The monoisotopic (exact) mass is 474 g/mol. The van der Waals surface area contributed by atoms with Crippen LogP contribution in [0.1, 0.15) is 46.0 Å². The molecule has 1 fully saturated rings. The predicted octanol–water partition coefficient (Wildman–Crippen LogP) is -0.367. The normalized spacial score (nSPS) is 19.5. The number of thioether (sulfide) groups is 1. The zero-order valence-electron chi connectivity index (χ0n) is 18.7. The summed E-state index contributed by atoms with van der Waals surface area (Å²) in [6, 6.07) is -4.18. The minimum atomic E-state index is -1.26. The Balaban J connectivity index is 2.92. The summed E-state index contributed by atoms with van der Waals surface area (Å²) in [5.41, 5.74) is 5.68. The van der Waals surface area contributed by atoms with Gasteiger partial charge in [0.05, 0.1) is 12.5 Å². The van der Waals surface area contributed by atoms with Gasteiger partial charge >= 0.3 is 11.9 Å². The molecule has 12 heteroatoms. The third-order valence-corrected chi connectivity index (χ3v) is 6.21. The van der Waals surface area contributed by atoms with Crippen molar-refractivity contribution in [1.82, 2.24) is 15.5 Å². The van der Waals surface area contributed by atoms with Gasteiger partial charge in [-0.15, -0.1) is 0 Å². The van der Waals surface area contributed by atoms with Crippen LogP contribution in [0.2, 0.25) is 0 Å². The van der Waals surface area contributed by atoms with Gasteiger partial charge in [0, 0.05) is 6.54 Å². The summed E-state index contributed by atoms with van der Waals surface area (Å²) in [5.74, 6) is -3.87. The first-order chi connectivity index (χ1) is 15.0. The molecule has 1 heterocycles. The quantitative estimate of drug-likeness (QED) is 0.238. The highest BCUT2D eigenvalue weighted by atomic mass is 32.2. The number of nitrogens with zero attached hydrogens (tertiary/aromatic N) is 1. The Bertz CT molecular complexity index is 705. The van der Waals surface area contributed by atoms with Crippen LogP contribution in [0.5, 0.6) is 0 Å². The number of rotatable bonds is 13. The Morgan fingerprint density at radius 2 is 1.84 bits per heavy atom. The van der Waals surface area contributed by atoms with Crippen LogP contribution in [-0.4, -0.2) is 87.5 Å². The number of hydrogen-bond acceptors (Lipinski definition) is 7. The lowest BCUT2D eigenvalue weighted by atomic mass is 9.97. The summed E-state index contributed by atoms with van der Waals surface area (Å²) >= 11 is 1.46. The third-order valence-electron chi connectivity index (χ3n) is 5.57. The number of nitrogens with two attached hydrogens (primary N) is 1. The Hall–Kier alpha value is -2.34. The molecule has 11 nitrogen and oxygen atoms in total. The zero-order valence-corrected chi connectivity index (χ0v) is 19.5. The summed E-state index contributed by atoms with van der Waals surface area (Å²) < 4.78 is 0. The van der Waals surface area contributed by atoms with E-state index in [-0.39, 0.29) is 18.9 Å². The number of carbonyl (C=O) groups excluding carboxylic acids is 3. The van der Waals surface area contributed by atoms with Gasteiger partial charge in [-0.3, -0.25) is 19.2 Å². The molecule has 0 radical (unpaired) electrons. The van der Waals surface area contributed by atoms with Crippen LogP contribution in [0.4, 0.5) is 0 Å². The minimum Gasteiger partial charge on any atom is -0.481 e. The van der Waals surface area contributed by atoms with Gasteiger partial charge in [-0.25, -0.2) is 4.79 Å². The van der Waals surface area contributed by atoms with Crippen molar-refractivity contribution >= 4 is 41.4 Å². The first-order valence-electron chi connectivity index (χ1n) is 10.6. The number of hydrogen-bond donors (Lipinski definition) is 5. The lowest BCUT2D eigenvalue weighted by Gasteiger charge is -2.30. The molecule has 0 saturated carbocycles. The molecule has 5 atom stereocenters. The second kappa shape index (κ2) is 13.3. The van der Waals surface area contributed by atoms with Crippen LogP contribution in [0.3, 0.4) is 0 Å². The molecule has 1 rings (SSSR count). The van der Waals surface area contributed by atoms with Crippen LogP contribution < -0.4 is 16.4 Å². The second-order valence-electron chi connectivity index (χ2n) is 7.95. The maximum atomic E-state index is 13.0. The van der Waals surface area contributed by atoms with E-state index in [0.717, 1.165) is 0 Å². The zero-order chi connectivity index (χ0) is 24.4. The molecule has 3 amide bonds. The Kier molecular flexibility index (Phi) is 11.5. The summed E-state index contributed by atoms with van der Waals surface area (Å²) in [6.45, 7) is 3.87. The van der Waals surface area contributed by atoms with Gasteiger partial charge in [0.2, 0.25) is 17.7 Å². The average Bonchev–Trinajstić information content (AvgIpc) is 3.22. The van der Waals surface area contributed by atoms with Crippen molar-refractivity contribution < 1.29 is 34.2 Å². The van der Waals surface area contributed by atoms with Gasteiger partial charge in [0.25, 0.3) is 0 Å². The van der Waals surface area contributed by atoms with Crippen LogP contribution >= 0.6 is 11.8 Å². The molecule has 0 bridgehead atoms. The molecular weight excluding hydrogens is 440 g/mol. The van der Waals surface area contributed by atoms with E-state index in [1.165, 1.54) is 16.7 Å². The third kappa shape index (κ3) is 7.97. The maximum absolute atomic E-state index is 13.0. The van der Waals surface area contributed by atoms with E-state index in [1.807, 2.05) is 13.2 Å². The maximum Gasteiger partial charge on any atom is 0.326 e. The van der Waals surface area contributed by atoms with Crippen LogP contribution in [0.25, 0.3) is 0 Å². The smallest absolute Gasteiger partial charge is 0.326 e. The fraction of sp³-hybridized carbons (Fsp3) is 0.750. The van der Waals surface area contributed by atoms with Crippen molar-refractivity contribution in [3.05, 3.63) is 0 Å². The number of likely N-dealkylation sites (tertiary alicyclic amines) is 1. The van der Waals surface area contributed by atoms with Crippen LogP contribution in [0.15, 0.2) is 0 Å². The molecule has 1 saturated heterocycles. The van der Waals surface area contributed by atoms with Crippen LogP contribution in [0, 0.1) is 5.92 Å². The van der Waals surface area contributed by atoms with E-state index in [1.54, 1.807) is 6.92 Å². The molecule has 0 spiro atoms. The molecule has 1 aliphatic heterocycles. The molecule has 0 aromatic heterocycles. The number of amides is 3. The van der Waals surface area contributed by atoms with E-state index < -0.39 is 60.2 Å². The average molecular weight is 475 g/mol. The van der Waals surface area contributed by atoms with E-state index in [9.17, 15) is 29.1 Å². The highest BCUT2D eigenvalue weighted by Crippen LogP contribution is 2.20. The van der Waals surface area contributed by atoms with Crippen LogP contribution in [-0.2, 0) is 24.0 Å². The van der Waals surface area contributed by atoms with Crippen molar-refractivity contribution in [2.75, 3.05) is 18.6 Å². The SMILES string of the molecule is CCC(C)C(NC(=O)C1CCCN1C(=O)C(N)CC(=O)O)C(=O)NC(CCSC)C(=O)O. The second-order valence-corrected chi connectivity index (χ2v) is 8.93.